The Morgan fingerprint density at radius 2 is 1.74 bits per heavy atom. The zero-order chi connectivity index (χ0) is 21.8. The Morgan fingerprint density at radius 3 is 2.52 bits per heavy atom. The summed E-state index contributed by atoms with van der Waals surface area (Å²) in [5.41, 5.74) is -0.290. The van der Waals surface area contributed by atoms with Crippen LogP contribution in [0.15, 0.2) is 57.7 Å². The number of hydrogen-bond acceptors (Lipinski definition) is 5. The van der Waals surface area contributed by atoms with Crippen molar-refractivity contribution >= 4 is 28.5 Å². The Bertz CT molecular complexity index is 1280. The zero-order valence-electron chi connectivity index (χ0n) is 17.1. The van der Waals surface area contributed by atoms with E-state index in [0.717, 1.165) is 6.42 Å². The van der Waals surface area contributed by atoms with Crippen LogP contribution in [0, 0.1) is 0 Å². The molecule has 0 saturated carbocycles. The molecule has 31 heavy (non-hydrogen) atoms. The Kier molecular flexibility index (Phi) is 4.44. The topological polar surface area (TPSA) is 91.1 Å². The van der Waals surface area contributed by atoms with Gasteiger partial charge in [-0.1, -0.05) is 37.3 Å². The number of fused-ring (bicyclic) bond motifs is 5. The van der Waals surface area contributed by atoms with Crippen molar-refractivity contribution in [2.75, 3.05) is 24.6 Å². The Morgan fingerprint density at radius 1 is 1.00 bits per heavy atom. The van der Waals surface area contributed by atoms with Gasteiger partial charge in [0.1, 0.15) is 5.58 Å². The third-order valence-electron chi connectivity index (χ3n) is 6.13. The standard InChI is InChI=1S/C24H22N2O5/c1-2-12-25-17-10-5-4-9-16(17)24(23(25)30)19-20(28)15-8-3-6-11-18(15)31-21(19)22(29)26(24)13-7-14-27/h3-6,8-11,27H,2,7,12-14H2,1H3/t24-/m1/s1. The summed E-state index contributed by atoms with van der Waals surface area (Å²) in [4.78, 5) is 44.3. The molecule has 1 N–H and O–H groups in total. The first-order chi connectivity index (χ1) is 15.1. The molecule has 7 heteroatoms. The van der Waals surface area contributed by atoms with Crippen LogP contribution in [-0.2, 0) is 10.3 Å². The number of anilines is 1. The van der Waals surface area contributed by atoms with Crippen molar-refractivity contribution in [3.8, 4) is 0 Å². The summed E-state index contributed by atoms with van der Waals surface area (Å²) >= 11 is 0. The fourth-order valence-electron chi connectivity index (χ4n) is 4.91. The van der Waals surface area contributed by atoms with Gasteiger partial charge in [-0.25, -0.2) is 0 Å². The van der Waals surface area contributed by atoms with Gasteiger partial charge in [0.2, 0.25) is 5.76 Å². The fourth-order valence-corrected chi connectivity index (χ4v) is 4.91. The van der Waals surface area contributed by atoms with Crippen molar-refractivity contribution in [3.63, 3.8) is 0 Å². The number of carbonyl (C=O) groups is 2. The lowest BCUT2D eigenvalue weighted by Gasteiger charge is -2.34. The number of carbonyl (C=O) groups excluding carboxylic acids is 2. The highest BCUT2D eigenvalue weighted by atomic mass is 16.3. The van der Waals surface area contributed by atoms with Gasteiger partial charge in [0.25, 0.3) is 11.8 Å². The van der Waals surface area contributed by atoms with E-state index < -0.39 is 11.4 Å². The summed E-state index contributed by atoms with van der Waals surface area (Å²) in [7, 11) is 0. The van der Waals surface area contributed by atoms with Crippen LogP contribution in [0.2, 0.25) is 0 Å². The maximum atomic E-state index is 14.0. The highest BCUT2D eigenvalue weighted by Crippen LogP contribution is 2.52. The van der Waals surface area contributed by atoms with Gasteiger partial charge >= 0.3 is 0 Å². The molecule has 1 atom stereocenters. The number of nitrogens with zero attached hydrogens (tertiary/aromatic N) is 2. The molecule has 0 unspecified atom stereocenters. The molecule has 2 aliphatic rings. The molecule has 0 bridgehead atoms. The SMILES string of the molecule is CCCN1C(=O)[C@@]2(c3ccccc31)c1c(oc3ccccc3c1=O)C(=O)N2CCCO. The van der Waals surface area contributed by atoms with Crippen LogP contribution in [0.25, 0.3) is 11.0 Å². The summed E-state index contributed by atoms with van der Waals surface area (Å²) in [5, 5.41) is 9.78. The molecule has 1 aromatic heterocycles. The first-order valence-electron chi connectivity index (χ1n) is 10.5. The largest absolute Gasteiger partial charge is 0.450 e. The predicted molar refractivity (Wildman–Crippen MR) is 115 cm³/mol. The van der Waals surface area contributed by atoms with Gasteiger partial charge in [0, 0.05) is 25.3 Å². The van der Waals surface area contributed by atoms with Gasteiger partial charge in [0.15, 0.2) is 11.0 Å². The monoisotopic (exact) mass is 418 g/mol. The highest BCUT2D eigenvalue weighted by Gasteiger charge is 2.64. The van der Waals surface area contributed by atoms with Crippen molar-refractivity contribution in [2.45, 2.75) is 25.3 Å². The Hall–Kier alpha value is -3.45. The van der Waals surface area contributed by atoms with Crippen molar-refractivity contribution in [2.24, 2.45) is 0 Å². The second-order valence-electron chi connectivity index (χ2n) is 7.85. The van der Waals surface area contributed by atoms with E-state index in [1.165, 1.54) is 4.90 Å². The van der Waals surface area contributed by atoms with E-state index in [-0.39, 0.29) is 42.2 Å². The summed E-state index contributed by atoms with van der Waals surface area (Å²) < 4.78 is 5.93. The molecule has 3 aromatic rings. The molecule has 2 aliphatic heterocycles. The van der Waals surface area contributed by atoms with Crippen LogP contribution >= 0.6 is 0 Å². The normalized spacial score (nSPS) is 19.5. The number of benzene rings is 2. The average molecular weight is 418 g/mol. The fraction of sp³-hybridized carbons (Fsp3) is 0.292. The number of hydrogen-bond donors (Lipinski definition) is 1. The molecule has 0 fully saturated rings. The lowest BCUT2D eigenvalue weighted by Crippen LogP contribution is -2.53. The molecule has 3 heterocycles. The van der Waals surface area contributed by atoms with Gasteiger partial charge in [-0.15, -0.1) is 0 Å². The first kappa shape index (κ1) is 19.5. The molecule has 7 nitrogen and oxygen atoms in total. The van der Waals surface area contributed by atoms with Gasteiger partial charge in [-0.3, -0.25) is 14.4 Å². The number of amides is 2. The number of para-hydroxylation sites is 2. The van der Waals surface area contributed by atoms with Crippen molar-refractivity contribution in [3.05, 3.63) is 75.6 Å². The van der Waals surface area contributed by atoms with E-state index in [1.54, 1.807) is 41.3 Å². The van der Waals surface area contributed by atoms with Crippen molar-refractivity contribution in [1.82, 2.24) is 4.90 Å². The predicted octanol–water partition coefficient (Wildman–Crippen LogP) is 2.63. The molecule has 158 valence electrons. The summed E-state index contributed by atoms with van der Waals surface area (Å²) in [6.45, 7) is 2.41. The molecule has 2 aromatic carbocycles. The highest BCUT2D eigenvalue weighted by molar-refractivity contribution is 6.17. The van der Waals surface area contributed by atoms with E-state index in [0.29, 0.717) is 28.8 Å². The van der Waals surface area contributed by atoms with E-state index in [1.807, 2.05) is 19.1 Å². The van der Waals surface area contributed by atoms with Crippen LogP contribution in [0.5, 0.6) is 0 Å². The third kappa shape index (κ3) is 2.41. The van der Waals surface area contributed by atoms with E-state index in [9.17, 15) is 19.5 Å². The lowest BCUT2D eigenvalue weighted by molar-refractivity contribution is -0.126. The van der Waals surface area contributed by atoms with Crippen LogP contribution in [0.4, 0.5) is 5.69 Å². The smallest absolute Gasteiger partial charge is 0.291 e. The maximum Gasteiger partial charge on any atom is 0.291 e. The second-order valence-corrected chi connectivity index (χ2v) is 7.85. The summed E-state index contributed by atoms with van der Waals surface area (Å²) in [6.07, 6.45) is 0.998. The van der Waals surface area contributed by atoms with Gasteiger partial charge in [-0.05, 0) is 31.0 Å². The molecule has 0 aliphatic carbocycles. The summed E-state index contributed by atoms with van der Waals surface area (Å²) in [6, 6.07) is 14.0. The van der Waals surface area contributed by atoms with Gasteiger partial charge < -0.3 is 19.3 Å². The van der Waals surface area contributed by atoms with E-state index in [2.05, 4.69) is 0 Å². The average Bonchev–Trinajstić information content (AvgIpc) is 3.18. The van der Waals surface area contributed by atoms with Crippen molar-refractivity contribution in [1.29, 1.82) is 0 Å². The molecule has 2 amide bonds. The van der Waals surface area contributed by atoms with Crippen LogP contribution in [-0.4, -0.2) is 41.5 Å². The first-order valence-corrected chi connectivity index (χ1v) is 10.5. The lowest BCUT2D eigenvalue weighted by atomic mass is 9.84. The molecule has 5 rings (SSSR count). The molecule has 0 radical (unpaired) electrons. The number of rotatable bonds is 5. The molecule has 1 spiro atoms. The van der Waals surface area contributed by atoms with Gasteiger partial charge in [0.05, 0.1) is 16.6 Å². The Balaban J connectivity index is 1.89. The van der Waals surface area contributed by atoms with Crippen molar-refractivity contribution < 1.29 is 19.1 Å². The molecule has 0 saturated heterocycles. The third-order valence-corrected chi connectivity index (χ3v) is 6.13. The van der Waals surface area contributed by atoms with E-state index in [4.69, 9.17) is 4.42 Å². The molecular formula is C24H22N2O5. The van der Waals surface area contributed by atoms with Crippen LogP contribution < -0.4 is 10.3 Å². The molecular weight excluding hydrogens is 396 g/mol. The number of aliphatic hydroxyl groups excluding tert-OH is 1. The maximum absolute atomic E-state index is 14.0. The zero-order valence-corrected chi connectivity index (χ0v) is 17.1. The minimum Gasteiger partial charge on any atom is -0.450 e. The summed E-state index contributed by atoms with van der Waals surface area (Å²) in [5.74, 6) is -0.931. The van der Waals surface area contributed by atoms with E-state index >= 15 is 0 Å². The Labute approximate surface area is 178 Å². The minimum absolute atomic E-state index is 0.0743. The van der Waals surface area contributed by atoms with Gasteiger partial charge in [-0.2, -0.15) is 0 Å². The van der Waals surface area contributed by atoms with Crippen LogP contribution in [0.1, 0.15) is 41.4 Å². The van der Waals surface area contributed by atoms with Crippen LogP contribution in [0.3, 0.4) is 0 Å². The second kappa shape index (κ2) is 7.06. The number of aliphatic hydroxyl groups is 1. The minimum atomic E-state index is -1.59. The quantitative estimate of drug-likeness (QED) is 0.688.